The Morgan fingerprint density at radius 1 is 1.22 bits per heavy atom. The fourth-order valence-corrected chi connectivity index (χ4v) is 3.71. The second-order valence-electron chi connectivity index (χ2n) is 6.39. The molecule has 3 atom stereocenters. The van der Waals surface area contributed by atoms with Crippen molar-refractivity contribution < 1.29 is 0 Å². The Hall–Kier alpha value is -0.860. The van der Waals surface area contributed by atoms with Gasteiger partial charge >= 0.3 is 0 Å². The summed E-state index contributed by atoms with van der Waals surface area (Å²) in [4.78, 5) is 0. The Bertz CT molecular complexity index is 431. The number of rotatable bonds is 4. The van der Waals surface area contributed by atoms with Crippen LogP contribution in [0.3, 0.4) is 0 Å². The van der Waals surface area contributed by atoms with Crippen molar-refractivity contribution >= 4 is 0 Å². The lowest BCUT2D eigenvalue weighted by molar-refractivity contribution is 0.335. The summed E-state index contributed by atoms with van der Waals surface area (Å²) in [7, 11) is 0. The monoisotopic (exact) mass is 244 g/mol. The molecule has 2 aliphatic rings. The smallest absolute Gasteiger partial charge is 0.0279 e. The van der Waals surface area contributed by atoms with E-state index in [0.717, 1.165) is 24.2 Å². The van der Waals surface area contributed by atoms with E-state index in [1.807, 2.05) is 0 Å². The topological polar surface area (TPSA) is 38.0 Å². The van der Waals surface area contributed by atoms with E-state index in [1.54, 1.807) is 0 Å². The molecule has 2 fully saturated rings. The Kier molecular flexibility index (Phi) is 3.16. The van der Waals surface area contributed by atoms with Crippen molar-refractivity contribution in [2.24, 2.45) is 23.6 Å². The first-order chi connectivity index (χ1) is 8.67. The number of fused-ring (bicyclic) bond motifs is 1. The van der Waals surface area contributed by atoms with Crippen LogP contribution in [0.1, 0.15) is 36.0 Å². The zero-order valence-corrected chi connectivity index (χ0v) is 11.4. The van der Waals surface area contributed by atoms with Crippen LogP contribution in [-0.2, 0) is 6.42 Å². The van der Waals surface area contributed by atoms with Gasteiger partial charge < -0.3 is 0 Å². The highest BCUT2D eigenvalue weighted by atomic mass is 15.2. The van der Waals surface area contributed by atoms with Gasteiger partial charge in [-0.25, -0.2) is 0 Å². The van der Waals surface area contributed by atoms with Crippen molar-refractivity contribution in [2.45, 2.75) is 45.6 Å². The van der Waals surface area contributed by atoms with Gasteiger partial charge in [-0.2, -0.15) is 0 Å². The molecule has 0 amide bonds. The van der Waals surface area contributed by atoms with E-state index < -0.39 is 0 Å². The maximum absolute atomic E-state index is 5.80. The second kappa shape index (κ2) is 4.67. The third kappa shape index (κ3) is 2.32. The first-order valence-corrected chi connectivity index (χ1v) is 7.19. The van der Waals surface area contributed by atoms with Gasteiger partial charge in [0.25, 0.3) is 0 Å². The van der Waals surface area contributed by atoms with Crippen LogP contribution < -0.4 is 11.3 Å². The van der Waals surface area contributed by atoms with Gasteiger partial charge in [-0.15, -0.1) is 0 Å². The summed E-state index contributed by atoms with van der Waals surface area (Å²) in [6.07, 6.45) is 5.35. The summed E-state index contributed by atoms with van der Waals surface area (Å²) in [5.41, 5.74) is 7.28. The van der Waals surface area contributed by atoms with Crippen molar-refractivity contribution in [3.8, 4) is 0 Å². The van der Waals surface area contributed by atoms with E-state index in [0.29, 0.717) is 6.04 Å². The van der Waals surface area contributed by atoms with Crippen molar-refractivity contribution in [2.75, 3.05) is 0 Å². The first-order valence-electron chi connectivity index (χ1n) is 7.19. The fourth-order valence-electron chi connectivity index (χ4n) is 3.71. The predicted molar refractivity (Wildman–Crippen MR) is 75.1 cm³/mol. The SMILES string of the molecule is Cc1ccc(C)c(CC(NN)C2CC3CC3C2)c1. The summed E-state index contributed by atoms with van der Waals surface area (Å²) in [5.74, 6) is 8.65. The molecule has 3 rings (SSSR count). The number of hydrazine groups is 1. The van der Waals surface area contributed by atoms with Crippen LogP contribution >= 0.6 is 0 Å². The van der Waals surface area contributed by atoms with E-state index in [4.69, 9.17) is 5.84 Å². The summed E-state index contributed by atoms with van der Waals surface area (Å²) in [6.45, 7) is 4.37. The van der Waals surface area contributed by atoms with E-state index >= 15 is 0 Å². The quantitative estimate of drug-likeness (QED) is 0.631. The molecule has 1 aromatic carbocycles. The van der Waals surface area contributed by atoms with Crippen molar-refractivity contribution in [1.82, 2.24) is 5.43 Å². The third-order valence-electron chi connectivity index (χ3n) is 5.01. The Balaban J connectivity index is 1.70. The largest absolute Gasteiger partial charge is 0.271 e. The maximum atomic E-state index is 5.80. The molecule has 98 valence electrons. The molecule has 0 aliphatic heterocycles. The highest BCUT2D eigenvalue weighted by Gasteiger charge is 2.47. The molecule has 2 saturated carbocycles. The zero-order chi connectivity index (χ0) is 12.7. The minimum atomic E-state index is 0.457. The summed E-state index contributed by atoms with van der Waals surface area (Å²) < 4.78 is 0. The molecule has 3 unspecified atom stereocenters. The highest BCUT2D eigenvalue weighted by molar-refractivity contribution is 5.31. The Morgan fingerprint density at radius 2 is 1.94 bits per heavy atom. The van der Waals surface area contributed by atoms with Gasteiger partial charge in [-0.1, -0.05) is 23.8 Å². The van der Waals surface area contributed by atoms with Gasteiger partial charge in [0, 0.05) is 6.04 Å². The average Bonchev–Trinajstić information content (AvgIpc) is 2.97. The van der Waals surface area contributed by atoms with Crippen LogP contribution in [-0.4, -0.2) is 6.04 Å². The second-order valence-corrected chi connectivity index (χ2v) is 6.39. The number of nitrogens with one attached hydrogen (secondary N) is 1. The van der Waals surface area contributed by atoms with E-state index in [2.05, 4.69) is 37.5 Å². The lowest BCUT2D eigenvalue weighted by Crippen LogP contribution is -2.42. The molecular formula is C16H24N2. The fraction of sp³-hybridized carbons (Fsp3) is 0.625. The zero-order valence-electron chi connectivity index (χ0n) is 11.4. The molecule has 2 nitrogen and oxygen atoms in total. The van der Waals surface area contributed by atoms with Crippen LogP contribution in [0.2, 0.25) is 0 Å². The number of benzene rings is 1. The van der Waals surface area contributed by atoms with Crippen LogP contribution in [0.4, 0.5) is 0 Å². The van der Waals surface area contributed by atoms with E-state index in [-0.39, 0.29) is 0 Å². The van der Waals surface area contributed by atoms with Crippen LogP contribution in [0.25, 0.3) is 0 Å². The molecule has 0 saturated heterocycles. The van der Waals surface area contributed by atoms with Crippen molar-refractivity contribution in [3.63, 3.8) is 0 Å². The van der Waals surface area contributed by atoms with Crippen LogP contribution in [0.5, 0.6) is 0 Å². The van der Waals surface area contributed by atoms with Crippen LogP contribution in [0, 0.1) is 31.6 Å². The van der Waals surface area contributed by atoms with Crippen molar-refractivity contribution in [1.29, 1.82) is 0 Å². The summed E-state index contributed by atoms with van der Waals surface area (Å²) in [6, 6.07) is 7.19. The lowest BCUT2D eigenvalue weighted by atomic mass is 9.88. The first kappa shape index (κ1) is 12.2. The minimum absolute atomic E-state index is 0.457. The molecule has 0 radical (unpaired) electrons. The molecule has 1 aromatic rings. The number of hydrogen-bond donors (Lipinski definition) is 2. The van der Waals surface area contributed by atoms with E-state index in [1.165, 1.54) is 36.0 Å². The number of nitrogens with two attached hydrogens (primary N) is 1. The van der Waals surface area contributed by atoms with Gasteiger partial charge in [0.15, 0.2) is 0 Å². The van der Waals surface area contributed by atoms with Crippen LogP contribution in [0.15, 0.2) is 18.2 Å². The minimum Gasteiger partial charge on any atom is -0.271 e. The normalized spacial score (nSPS) is 31.2. The van der Waals surface area contributed by atoms with Crippen molar-refractivity contribution in [3.05, 3.63) is 34.9 Å². The molecular weight excluding hydrogens is 220 g/mol. The van der Waals surface area contributed by atoms with Gasteiger partial charge in [0.05, 0.1) is 0 Å². The summed E-state index contributed by atoms with van der Waals surface area (Å²) in [5, 5.41) is 0. The molecule has 0 aromatic heterocycles. The molecule has 2 aliphatic carbocycles. The molecule has 3 N–H and O–H groups in total. The maximum Gasteiger partial charge on any atom is 0.0279 e. The average molecular weight is 244 g/mol. The van der Waals surface area contributed by atoms with Gasteiger partial charge in [-0.05, 0) is 68.4 Å². The standard InChI is InChI=1S/C16H24N2/c1-10-3-4-11(2)12(5-10)9-16(18-17)15-7-13-6-14(13)8-15/h3-5,13-16,18H,6-9,17H2,1-2H3. The molecule has 0 bridgehead atoms. The summed E-state index contributed by atoms with van der Waals surface area (Å²) >= 11 is 0. The third-order valence-corrected chi connectivity index (χ3v) is 5.01. The lowest BCUT2D eigenvalue weighted by Gasteiger charge is -2.25. The molecule has 2 heteroatoms. The van der Waals surface area contributed by atoms with Gasteiger partial charge in [0.2, 0.25) is 0 Å². The Labute approximate surface area is 110 Å². The predicted octanol–water partition coefficient (Wildman–Crippen LogP) is 2.72. The van der Waals surface area contributed by atoms with Gasteiger partial charge in [0.1, 0.15) is 0 Å². The number of aryl methyl sites for hydroxylation is 2. The number of hydrogen-bond acceptors (Lipinski definition) is 2. The Morgan fingerprint density at radius 3 is 2.61 bits per heavy atom. The molecule has 0 heterocycles. The molecule has 18 heavy (non-hydrogen) atoms. The highest BCUT2D eigenvalue weighted by Crippen LogP contribution is 2.55. The molecule has 0 spiro atoms. The van der Waals surface area contributed by atoms with E-state index in [9.17, 15) is 0 Å². The van der Waals surface area contributed by atoms with Gasteiger partial charge in [-0.3, -0.25) is 11.3 Å².